The first kappa shape index (κ1) is 16.1. The minimum atomic E-state index is -0.152. The zero-order valence-corrected chi connectivity index (χ0v) is 14.0. The predicted molar refractivity (Wildman–Crippen MR) is 86.5 cm³/mol. The lowest BCUT2D eigenvalue weighted by Gasteiger charge is -2.36. The standard InChI is InChI=1S/C19H28O2/c1-12(2)16-9-7-14(4)11-18(16)21-19(20)17-10-13(3)6-8-15(17)5/h6,8,10,12,14,16,18H,7,9,11H2,1-5H3/t14-,16+,18-/m1/s1. The molecule has 1 aromatic carbocycles. The molecular formula is C19H28O2. The lowest BCUT2D eigenvalue weighted by Crippen LogP contribution is -2.36. The Kier molecular flexibility index (Phi) is 5.08. The minimum absolute atomic E-state index is 0.0705. The van der Waals surface area contributed by atoms with Gasteiger partial charge in [-0.2, -0.15) is 0 Å². The summed E-state index contributed by atoms with van der Waals surface area (Å²) in [5.41, 5.74) is 2.82. The van der Waals surface area contributed by atoms with Gasteiger partial charge in [-0.3, -0.25) is 0 Å². The summed E-state index contributed by atoms with van der Waals surface area (Å²) in [4.78, 5) is 12.5. The molecule has 116 valence electrons. The van der Waals surface area contributed by atoms with Crippen molar-refractivity contribution in [1.29, 1.82) is 0 Å². The Morgan fingerprint density at radius 2 is 1.95 bits per heavy atom. The number of hydrogen-bond donors (Lipinski definition) is 0. The van der Waals surface area contributed by atoms with Crippen LogP contribution in [0.2, 0.25) is 0 Å². The van der Waals surface area contributed by atoms with Crippen molar-refractivity contribution in [2.45, 2.75) is 60.0 Å². The number of ether oxygens (including phenoxy) is 1. The molecule has 1 aromatic rings. The quantitative estimate of drug-likeness (QED) is 0.738. The van der Waals surface area contributed by atoms with Crippen molar-refractivity contribution in [1.82, 2.24) is 0 Å². The van der Waals surface area contributed by atoms with Gasteiger partial charge in [0.05, 0.1) is 5.56 Å². The van der Waals surface area contributed by atoms with Crippen LogP contribution in [0.3, 0.4) is 0 Å². The number of hydrogen-bond acceptors (Lipinski definition) is 2. The summed E-state index contributed by atoms with van der Waals surface area (Å²) in [6.07, 6.45) is 3.49. The summed E-state index contributed by atoms with van der Waals surface area (Å²) < 4.78 is 5.92. The third-order valence-electron chi connectivity index (χ3n) is 4.83. The van der Waals surface area contributed by atoms with E-state index in [4.69, 9.17) is 4.74 Å². The van der Waals surface area contributed by atoms with Gasteiger partial charge in [0.2, 0.25) is 0 Å². The fourth-order valence-electron chi connectivity index (χ4n) is 3.41. The number of carbonyl (C=O) groups excluding carboxylic acids is 1. The maximum Gasteiger partial charge on any atom is 0.338 e. The fraction of sp³-hybridized carbons (Fsp3) is 0.632. The fourth-order valence-corrected chi connectivity index (χ4v) is 3.41. The van der Waals surface area contributed by atoms with E-state index in [0.29, 0.717) is 17.8 Å². The van der Waals surface area contributed by atoms with Crippen LogP contribution in [0.5, 0.6) is 0 Å². The molecule has 2 rings (SSSR count). The van der Waals surface area contributed by atoms with Crippen LogP contribution >= 0.6 is 0 Å². The maximum absolute atomic E-state index is 12.5. The summed E-state index contributed by atoms with van der Waals surface area (Å²) in [6.45, 7) is 10.7. The van der Waals surface area contributed by atoms with E-state index in [1.165, 1.54) is 12.8 Å². The van der Waals surface area contributed by atoms with Gasteiger partial charge in [0.1, 0.15) is 6.10 Å². The largest absolute Gasteiger partial charge is 0.458 e. The van der Waals surface area contributed by atoms with Crippen LogP contribution in [0.1, 0.15) is 61.5 Å². The Hall–Kier alpha value is -1.31. The molecule has 2 heteroatoms. The molecule has 1 aliphatic rings. The Labute approximate surface area is 128 Å². The van der Waals surface area contributed by atoms with Gasteiger partial charge in [-0.1, -0.05) is 44.9 Å². The van der Waals surface area contributed by atoms with Crippen molar-refractivity contribution >= 4 is 5.97 Å². The third kappa shape index (κ3) is 3.87. The molecule has 21 heavy (non-hydrogen) atoms. The van der Waals surface area contributed by atoms with Crippen molar-refractivity contribution < 1.29 is 9.53 Å². The summed E-state index contributed by atoms with van der Waals surface area (Å²) in [7, 11) is 0. The number of aryl methyl sites for hydroxylation is 2. The van der Waals surface area contributed by atoms with Crippen LogP contribution in [-0.2, 0) is 4.74 Å². The van der Waals surface area contributed by atoms with Gasteiger partial charge < -0.3 is 4.74 Å². The molecule has 1 saturated carbocycles. The second kappa shape index (κ2) is 6.64. The monoisotopic (exact) mass is 288 g/mol. The Morgan fingerprint density at radius 3 is 2.62 bits per heavy atom. The molecule has 0 spiro atoms. The molecular weight excluding hydrogens is 260 g/mol. The molecule has 0 amide bonds. The van der Waals surface area contributed by atoms with E-state index in [9.17, 15) is 4.79 Å². The molecule has 0 N–H and O–H groups in total. The molecule has 0 unspecified atom stereocenters. The SMILES string of the molecule is Cc1ccc(C)c(C(=O)O[C@@H]2C[C@H](C)CC[C@H]2C(C)C)c1. The number of benzene rings is 1. The van der Waals surface area contributed by atoms with Crippen LogP contribution in [0.25, 0.3) is 0 Å². The van der Waals surface area contributed by atoms with Crippen molar-refractivity contribution in [3.8, 4) is 0 Å². The highest BCUT2D eigenvalue weighted by Crippen LogP contribution is 2.35. The van der Waals surface area contributed by atoms with Gasteiger partial charge in [0.15, 0.2) is 0 Å². The van der Waals surface area contributed by atoms with Gasteiger partial charge in [0, 0.05) is 0 Å². The lowest BCUT2D eigenvalue weighted by atomic mass is 9.75. The molecule has 0 bridgehead atoms. The minimum Gasteiger partial charge on any atom is -0.458 e. The van der Waals surface area contributed by atoms with Crippen LogP contribution < -0.4 is 0 Å². The highest BCUT2D eigenvalue weighted by molar-refractivity contribution is 5.91. The van der Waals surface area contributed by atoms with Gasteiger partial charge in [-0.25, -0.2) is 4.79 Å². The molecule has 0 aromatic heterocycles. The summed E-state index contributed by atoms with van der Waals surface area (Å²) in [5.74, 6) is 1.56. The van der Waals surface area contributed by atoms with E-state index < -0.39 is 0 Å². The highest BCUT2D eigenvalue weighted by atomic mass is 16.5. The highest BCUT2D eigenvalue weighted by Gasteiger charge is 2.33. The number of rotatable bonds is 3. The predicted octanol–water partition coefficient (Wildman–Crippen LogP) is 4.92. The molecule has 0 radical (unpaired) electrons. The summed E-state index contributed by atoms with van der Waals surface area (Å²) in [6, 6.07) is 5.97. The van der Waals surface area contributed by atoms with Crippen molar-refractivity contribution in [3.05, 3.63) is 34.9 Å². The first-order valence-electron chi connectivity index (χ1n) is 8.16. The molecule has 0 aliphatic heterocycles. The average molecular weight is 288 g/mol. The van der Waals surface area contributed by atoms with E-state index in [0.717, 1.165) is 23.1 Å². The molecule has 2 nitrogen and oxygen atoms in total. The third-order valence-corrected chi connectivity index (χ3v) is 4.83. The van der Waals surface area contributed by atoms with Crippen molar-refractivity contribution in [2.75, 3.05) is 0 Å². The molecule has 1 fully saturated rings. The Balaban J connectivity index is 2.14. The summed E-state index contributed by atoms with van der Waals surface area (Å²) >= 11 is 0. The molecule has 0 saturated heterocycles. The number of esters is 1. The smallest absolute Gasteiger partial charge is 0.338 e. The van der Waals surface area contributed by atoms with Gasteiger partial charge in [0.25, 0.3) is 0 Å². The number of carbonyl (C=O) groups is 1. The van der Waals surface area contributed by atoms with E-state index in [1.54, 1.807) is 0 Å². The topological polar surface area (TPSA) is 26.3 Å². The lowest BCUT2D eigenvalue weighted by molar-refractivity contribution is -0.0174. The van der Waals surface area contributed by atoms with Crippen LogP contribution in [0.4, 0.5) is 0 Å². The zero-order valence-electron chi connectivity index (χ0n) is 14.0. The Bertz CT molecular complexity index is 504. The normalized spacial score (nSPS) is 25.9. The van der Waals surface area contributed by atoms with Gasteiger partial charge in [-0.15, -0.1) is 0 Å². The van der Waals surface area contributed by atoms with Crippen LogP contribution in [-0.4, -0.2) is 12.1 Å². The second-order valence-electron chi connectivity index (χ2n) is 7.09. The van der Waals surface area contributed by atoms with Crippen molar-refractivity contribution in [2.24, 2.45) is 17.8 Å². The van der Waals surface area contributed by atoms with E-state index in [1.807, 2.05) is 32.0 Å². The van der Waals surface area contributed by atoms with E-state index in [2.05, 4.69) is 20.8 Å². The maximum atomic E-state index is 12.5. The van der Waals surface area contributed by atoms with E-state index in [-0.39, 0.29) is 12.1 Å². The zero-order chi connectivity index (χ0) is 15.6. The Morgan fingerprint density at radius 1 is 1.24 bits per heavy atom. The molecule has 1 aliphatic carbocycles. The first-order chi connectivity index (χ1) is 9.88. The summed E-state index contributed by atoms with van der Waals surface area (Å²) in [5, 5.41) is 0. The van der Waals surface area contributed by atoms with Crippen LogP contribution in [0.15, 0.2) is 18.2 Å². The first-order valence-corrected chi connectivity index (χ1v) is 8.16. The molecule has 3 atom stereocenters. The second-order valence-corrected chi connectivity index (χ2v) is 7.09. The average Bonchev–Trinajstić information content (AvgIpc) is 2.41. The van der Waals surface area contributed by atoms with Crippen molar-refractivity contribution in [3.63, 3.8) is 0 Å². The van der Waals surface area contributed by atoms with Crippen LogP contribution in [0, 0.1) is 31.6 Å². The van der Waals surface area contributed by atoms with Gasteiger partial charge >= 0.3 is 5.97 Å². The van der Waals surface area contributed by atoms with E-state index >= 15 is 0 Å². The molecule has 0 heterocycles. The van der Waals surface area contributed by atoms with Gasteiger partial charge in [-0.05, 0) is 56.1 Å².